The highest BCUT2D eigenvalue weighted by Gasteiger charge is 2.06. The maximum absolute atomic E-state index is 11.7. The van der Waals surface area contributed by atoms with Crippen LogP contribution in [0.25, 0.3) is 0 Å². The average molecular weight is 307 g/mol. The molecule has 0 unspecified atom stereocenters. The first-order valence-electron chi connectivity index (χ1n) is 6.68. The highest BCUT2D eigenvalue weighted by molar-refractivity contribution is 6.17. The first-order valence-corrected chi connectivity index (χ1v) is 7.21. The quantitative estimate of drug-likeness (QED) is 0.667. The molecule has 21 heavy (non-hydrogen) atoms. The number of hydrogen-bond acceptors (Lipinski definition) is 2. The lowest BCUT2D eigenvalue weighted by Crippen LogP contribution is -2.23. The Labute approximate surface area is 130 Å². The fraction of sp³-hybridized carbons (Fsp3) is 0.375. The summed E-state index contributed by atoms with van der Waals surface area (Å²) in [6.07, 6.45) is 1.09. The lowest BCUT2D eigenvalue weighted by molar-refractivity contribution is -0.120. The van der Waals surface area contributed by atoms with Crippen LogP contribution in [-0.4, -0.2) is 43.2 Å². The second kappa shape index (κ2) is 9.04. The summed E-state index contributed by atoms with van der Waals surface area (Å²) >= 11 is 5.51. The van der Waals surface area contributed by atoms with Crippen molar-refractivity contribution in [3.8, 4) is 11.8 Å². The van der Waals surface area contributed by atoms with Crippen molar-refractivity contribution in [3.63, 3.8) is 0 Å². The molecule has 0 saturated heterocycles. The van der Waals surface area contributed by atoms with Crippen molar-refractivity contribution >= 4 is 23.4 Å². The molecule has 0 bridgehead atoms. The normalized spacial score (nSPS) is 9.48. The Morgan fingerprint density at radius 1 is 1.24 bits per heavy atom. The van der Waals surface area contributed by atoms with Crippen molar-refractivity contribution in [2.24, 2.45) is 0 Å². The van der Waals surface area contributed by atoms with Crippen LogP contribution in [0.5, 0.6) is 0 Å². The molecule has 1 aromatic rings. The number of amides is 2. The van der Waals surface area contributed by atoms with E-state index in [1.807, 2.05) is 0 Å². The zero-order valence-corrected chi connectivity index (χ0v) is 13.0. The summed E-state index contributed by atoms with van der Waals surface area (Å²) < 4.78 is 0. The van der Waals surface area contributed by atoms with Crippen LogP contribution in [-0.2, 0) is 4.79 Å². The summed E-state index contributed by atoms with van der Waals surface area (Å²) in [7, 11) is 3.42. The molecule has 0 aliphatic carbocycles. The third-order valence-electron chi connectivity index (χ3n) is 2.68. The van der Waals surface area contributed by atoms with Gasteiger partial charge >= 0.3 is 0 Å². The Morgan fingerprint density at radius 2 is 1.90 bits per heavy atom. The molecule has 5 heteroatoms. The van der Waals surface area contributed by atoms with Gasteiger partial charge < -0.3 is 10.2 Å². The highest BCUT2D eigenvalue weighted by atomic mass is 35.5. The second-order valence-electron chi connectivity index (χ2n) is 4.65. The van der Waals surface area contributed by atoms with E-state index in [0.717, 1.165) is 5.56 Å². The van der Waals surface area contributed by atoms with Gasteiger partial charge in [0.05, 0.1) is 6.54 Å². The molecule has 2 amide bonds. The number of alkyl halides is 1. The molecule has 0 aliphatic heterocycles. The molecule has 4 nitrogen and oxygen atoms in total. The van der Waals surface area contributed by atoms with E-state index in [1.165, 1.54) is 4.90 Å². The van der Waals surface area contributed by atoms with Gasteiger partial charge in [0.2, 0.25) is 5.91 Å². The molecule has 0 heterocycles. The van der Waals surface area contributed by atoms with Crippen molar-refractivity contribution in [1.82, 2.24) is 10.2 Å². The highest BCUT2D eigenvalue weighted by Crippen LogP contribution is 2.05. The zero-order valence-electron chi connectivity index (χ0n) is 12.3. The van der Waals surface area contributed by atoms with E-state index in [0.29, 0.717) is 30.8 Å². The van der Waals surface area contributed by atoms with Crippen LogP contribution >= 0.6 is 11.6 Å². The molecule has 0 saturated carbocycles. The number of nitrogens with zero attached hydrogens (tertiary/aromatic N) is 1. The number of carbonyl (C=O) groups is 2. The van der Waals surface area contributed by atoms with E-state index in [1.54, 1.807) is 38.4 Å². The van der Waals surface area contributed by atoms with Gasteiger partial charge in [-0.3, -0.25) is 9.59 Å². The maximum Gasteiger partial charge on any atom is 0.253 e. The molecule has 1 rings (SSSR count). The minimum atomic E-state index is -0.0446. The van der Waals surface area contributed by atoms with Gasteiger partial charge in [-0.1, -0.05) is 11.8 Å². The first-order chi connectivity index (χ1) is 10.0. The van der Waals surface area contributed by atoms with Gasteiger partial charge in [-0.15, -0.1) is 11.6 Å². The SMILES string of the molecule is CN(C)C(=O)c1ccc(C#CCNC(=O)CCCCl)cc1. The van der Waals surface area contributed by atoms with E-state index in [2.05, 4.69) is 17.2 Å². The Balaban J connectivity index is 2.48. The number of hydrogen-bond donors (Lipinski definition) is 1. The summed E-state index contributed by atoms with van der Waals surface area (Å²) in [5.41, 5.74) is 1.43. The van der Waals surface area contributed by atoms with Crippen LogP contribution in [0.4, 0.5) is 0 Å². The Hall–Kier alpha value is -1.99. The van der Waals surface area contributed by atoms with Crippen LogP contribution < -0.4 is 5.32 Å². The van der Waals surface area contributed by atoms with Crippen molar-refractivity contribution in [2.75, 3.05) is 26.5 Å². The molecule has 0 atom stereocenters. The molecule has 0 radical (unpaired) electrons. The minimum absolute atomic E-state index is 0.0407. The maximum atomic E-state index is 11.7. The molecular weight excluding hydrogens is 288 g/mol. The van der Waals surface area contributed by atoms with Crippen molar-refractivity contribution in [2.45, 2.75) is 12.8 Å². The predicted octanol–water partition coefficient (Wildman–Crippen LogP) is 1.88. The van der Waals surface area contributed by atoms with Crippen LogP contribution in [0.3, 0.4) is 0 Å². The number of rotatable bonds is 5. The third kappa shape index (κ3) is 6.33. The molecule has 1 N–H and O–H groups in total. The monoisotopic (exact) mass is 306 g/mol. The zero-order chi connectivity index (χ0) is 15.7. The van der Waals surface area contributed by atoms with Crippen molar-refractivity contribution < 1.29 is 9.59 Å². The van der Waals surface area contributed by atoms with Crippen LogP contribution in [0.1, 0.15) is 28.8 Å². The van der Waals surface area contributed by atoms with Gasteiger partial charge in [-0.2, -0.15) is 0 Å². The molecule has 0 aromatic heterocycles. The van der Waals surface area contributed by atoms with Crippen molar-refractivity contribution in [3.05, 3.63) is 35.4 Å². The van der Waals surface area contributed by atoms with E-state index < -0.39 is 0 Å². The van der Waals surface area contributed by atoms with Crippen molar-refractivity contribution in [1.29, 1.82) is 0 Å². The number of nitrogens with one attached hydrogen (secondary N) is 1. The predicted molar refractivity (Wildman–Crippen MR) is 84.3 cm³/mol. The van der Waals surface area contributed by atoms with Crippen LogP contribution in [0.2, 0.25) is 0 Å². The lowest BCUT2D eigenvalue weighted by atomic mass is 10.1. The number of benzene rings is 1. The van der Waals surface area contributed by atoms with Gasteiger partial charge in [-0.05, 0) is 30.7 Å². The van der Waals surface area contributed by atoms with E-state index in [-0.39, 0.29) is 11.8 Å². The minimum Gasteiger partial charge on any atom is -0.345 e. The fourth-order valence-electron chi connectivity index (χ4n) is 1.56. The van der Waals surface area contributed by atoms with Crippen LogP contribution in [0.15, 0.2) is 24.3 Å². The molecule has 0 aliphatic rings. The smallest absolute Gasteiger partial charge is 0.253 e. The third-order valence-corrected chi connectivity index (χ3v) is 2.95. The van der Waals surface area contributed by atoms with Gasteiger partial charge in [-0.25, -0.2) is 0 Å². The van der Waals surface area contributed by atoms with Gasteiger partial charge in [0.25, 0.3) is 5.91 Å². The Morgan fingerprint density at radius 3 is 2.48 bits per heavy atom. The number of halogens is 1. The van der Waals surface area contributed by atoms with E-state index >= 15 is 0 Å². The summed E-state index contributed by atoms with van der Waals surface area (Å²) in [5, 5.41) is 2.70. The van der Waals surface area contributed by atoms with Gasteiger partial charge in [0.15, 0.2) is 0 Å². The molecular formula is C16H19ClN2O2. The summed E-state index contributed by atoms with van der Waals surface area (Å²) in [5.74, 6) is 6.20. The summed E-state index contributed by atoms with van der Waals surface area (Å²) in [6.45, 7) is 0.305. The lowest BCUT2D eigenvalue weighted by Gasteiger charge is -2.09. The molecule has 0 spiro atoms. The van der Waals surface area contributed by atoms with Gasteiger partial charge in [0, 0.05) is 37.5 Å². The Kier molecular flexibility index (Phi) is 7.34. The standard InChI is InChI=1S/C16H19ClN2O2/c1-19(2)16(21)14-9-7-13(8-10-14)5-4-12-18-15(20)6-3-11-17/h7-10H,3,6,11-12H2,1-2H3,(H,18,20). The molecule has 112 valence electrons. The van der Waals surface area contributed by atoms with E-state index in [9.17, 15) is 9.59 Å². The summed E-state index contributed by atoms with van der Waals surface area (Å²) in [6, 6.07) is 7.06. The number of carbonyl (C=O) groups excluding carboxylic acids is 2. The Bertz CT molecular complexity index is 542. The average Bonchev–Trinajstić information content (AvgIpc) is 2.49. The largest absolute Gasteiger partial charge is 0.345 e. The van der Waals surface area contributed by atoms with E-state index in [4.69, 9.17) is 11.6 Å². The van der Waals surface area contributed by atoms with Crippen LogP contribution in [0, 0.1) is 11.8 Å². The topological polar surface area (TPSA) is 49.4 Å². The summed E-state index contributed by atoms with van der Waals surface area (Å²) in [4.78, 5) is 24.6. The molecule has 0 fully saturated rings. The first kappa shape index (κ1) is 17.1. The fourth-order valence-corrected chi connectivity index (χ4v) is 1.69. The molecule has 1 aromatic carbocycles. The van der Waals surface area contributed by atoms with Gasteiger partial charge in [0.1, 0.15) is 0 Å². The second-order valence-corrected chi connectivity index (χ2v) is 5.03.